The summed E-state index contributed by atoms with van der Waals surface area (Å²) in [4.78, 5) is 11.0. The number of carbonyl (C=O) groups is 1. The van der Waals surface area contributed by atoms with Gasteiger partial charge in [-0.2, -0.15) is 5.26 Å². The Bertz CT molecular complexity index is 409. The molecular weight excluding hydrogens is 193 g/mol. The van der Waals surface area contributed by atoms with E-state index in [1.165, 1.54) is 6.92 Å². The number of nitrogens with zero attached hydrogens (tertiary/aromatic N) is 1. The predicted octanol–water partition coefficient (Wildman–Crippen LogP) is 2.55. The van der Waals surface area contributed by atoms with Gasteiger partial charge in [-0.15, -0.1) is 0 Å². The van der Waals surface area contributed by atoms with Crippen molar-refractivity contribution in [2.75, 3.05) is 0 Å². The summed E-state index contributed by atoms with van der Waals surface area (Å²) in [7, 11) is 0. The van der Waals surface area contributed by atoms with E-state index in [1.54, 1.807) is 6.07 Å². The van der Waals surface area contributed by atoms with Crippen molar-refractivity contribution in [3.05, 3.63) is 34.1 Å². The van der Waals surface area contributed by atoms with Crippen LogP contribution in [0.5, 0.6) is 0 Å². The lowest BCUT2D eigenvalue weighted by Crippen LogP contribution is -1.97. The van der Waals surface area contributed by atoms with Gasteiger partial charge in [-0.05, 0) is 19.1 Å². The van der Waals surface area contributed by atoms with E-state index in [2.05, 4.69) is 0 Å². The molecule has 0 bridgehead atoms. The molecule has 13 heavy (non-hydrogen) atoms. The topological polar surface area (TPSA) is 40.9 Å². The Hall–Kier alpha value is -1.40. The molecule has 0 aromatic heterocycles. The lowest BCUT2D eigenvalue weighted by molar-refractivity contribution is 0.101. The first-order chi connectivity index (χ1) is 6.06. The summed E-state index contributed by atoms with van der Waals surface area (Å²) in [6, 6.07) is 3.85. The molecule has 0 fully saturated rings. The van der Waals surface area contributed by atoms with E-state index in [0.717, 1.165) is 12.1 Å². The Labute approximate surface area is 79.5 Å². The van der Waals surface area contributed by atoms with Crippen LogP contribution in [0.1, 0.15) is 22.8 Å². The van der Waals surface area contributed by atoms with Gasteiger partial charge in [-0.25, -0.2) is 4.39 Å². The van der Waals surface area contributed by atoms with Gasteiger partial charge in [-0.3, -0.25) is 4.79 Å². The molecule has 0 aliphatic rings. The Balaban J connectivity index is 3.44. The van der Waals surface area contributed by atoms with E-state index >= 15 is 0 Å². The zero-order valence-electron chi connectivity index (χ0n) is 6.77. The summed E-state index contributed by atoms with van der Waals surface area (Å²) in [6.45, 7) is 1.30. The molecule has 0 aliphatic heterocycles. The molecule has 0 atom stereocenters. The zero-order valence-corrected chi connectivity index (χ0v) is 7.52. The van der Waals surface area contributed by atoms with E-state index in [1.807, 2.05) is 0 Å². The number of hydrogen-bond donors (Lipinski definition) is 0. The van der Waals surface area contributed by atoms with Crippen LogP contribution in [0.2, 0.25) is 5.02 Å². The largest absolute Gasteiger partial charge is 0.294 e. The van der Waals surface area contributed by atoms with Crippen molar-refractivity contribution in [3.8, 4) is 6.07 Å². The van der Waals surface area contributed by atoms with Crippen molar-refractivity contribution in [1.82, 2.24) is 0 Å². The molecule has 66 valence electrons. The molecule has 0 aliphatic carbocycles. The van der Waals surface area contributed by atoms with Crippen molar-refractivity contribution >= 4 is 17.4 Å². The summed E-state index contributed by atoms with van der Waals surface area (Å²) in [5.74, 6) is -0.998. The van der Waals surface area contributed by atoms with Crippen LogP contribution in [0, 0.1) is 17.1 Å². The Morgan fingerprint density at radius 3 is 2.69 bits per heavy atom. The predicted molar refractivity (Wildman–Crippen MR) is 46.1 cm³/mol. The Kier molecular flexibility index (Phi) is 2.64. The van der Waals surface area contributed by atoms with E-state index in [4.69, 9.17) is 16.9 Å². The molecule has 1 aromatic carbocycles. The molecule has 0 spiro atoms. The summed E-state index contributed by atoms with van der Waals surface area (Å²) >= 11 is 5.45. The van der Waals surface area contributed by atoms with Crippen LogP contribution in [0.3, 0.4) is 0 Å². The SMILES string of the molecule is CC(=O)c1cc(Cl)c(F)cc1C#N. The fourth-order valence-corrected chi connectivity index (χ4v) is 1.09. The van der Waals surface area contributed by atoms with Gasteiger partial charge in [0.2, 0.25) is 0 Å². The lowest BCUT2D eigenvalue weighted by atomic mass is 10.1. The first-order valence-corrected chi connectivity index (χ1v) is 3.84. The highest BCUT2D eigenvalue weighted by Crippen LogP contribution is 2.20. The second-order valence-electron chi connectivity index (χ2n) is 2.48. The van der Waals surface area contributed by atoms with E-state index in [0.29, 0.717) is 0 Å². The summed E-state index contributed by atoms with van der Waals surface area (Å²) in [5.41, 5.74) is 0.156. The third-order valence-electron chi connectivity index (χ3n) is 1.56. The Morgan fingerprint density at radius 2 is 2.23 bits per heavy atom. The van der Waals surface area contributed by atoms with Crippen molar-refractivity contribution in [2.45, 2.75) is 6.92 Å². The molecule has 0 radical (unpaired) electrons. The van der Waals surface area contributed by atoms with Crippen LogP contribution in [-0.4, -0.2) is 5.78 Å². The van der Waals surface area contributed by atoms with Crippen LogP contribution >= 0.6 is 11.6 Å². The average Bonchev–Trinajstić information content (AvgIpc) is 2.08. The molecule has 0 saturated heterocycles. The molecule has 0 saturated carbocycles. The Morgan fingerprint density at radius 1 is 1.62 bits per heavy atom. The molecule has 0 N–H and O–H groups in total. The van der Waals surface area contributed by atoms with Gasteiger partial charge in [-0.1, -0.05) is 11.6 Å². The molecule has 0 amide bonds. The molecule has 1 aromatic rings. The number of halogens is 2. The molecule has 1 rings (SSSR count). The minimum atomic E-state index is -0.691. The van der Waals surface area contributed by atoms with E-state index < -0.39 is 5.82 Å². The van der Waals surface area contributed by atoms with Crippen molar-refractivity contribution in [3.63, 3.8) is 0 Å². The maximum Gasteiger partial charge on any atom is 0.161 e. The zero-order chi connectivity index (χ0) is 10.0. The van der Waals surface area contributed by atoms with Gasteiger partial charge < -0.3 is 0 Å². The van der Waals surface area contributed by atoms with Crippen LogP contribution in [-0.2, 0) is 0 Å². The number of ketones is 1. The number of Topliss-reactive ketones (excluding diaryl/α,β-unsaturated/α-hetero) is 1. The number of hydrogen-bond acceptors (Lipinski definition) is 2. The third-order valence-corrected chi connectivity index (χ3v) is 1.85. The molecule has 0 unspecified atom stereocenters. The van der Waals surface area contributed by atoms with Crippen molar-refractivity contribution in [2.24, 2.45) is 0 Å². The molecule has 4 heteroatoms. The van der Waals surface area contributed by atoms with Gasteiger partial charge in [0, 0.05) is 5.56 Å². The number of rotatable bonds is 1. The highest BCUT2D eigenvalue weighted by molar-refractivity contribution is 6.31. The maximum absolute atomic E-state index is 12.8. The first-order valence-electron chi connectivity index (χ1n) is 3.46. The van der Waals surface area contributed by atoms with Crippen LogP contribution < -0.4 is 0 Å². The fourth-order valence-electron chi connectivity index (χ4n) is 0.931. The normalized spacial score (nSPS) is 9.38. The second kappa shape index (κ2) is 3.55. The summed E-state index contributed by atoms with van der Waals surface area (Å²) < 4.78 is 12.8. The van der Waals surface area contributed by atoms with E-state index in [9.17, 15) is 9.18 Å². The van der Waals surface area contributed by atoms with Crippen molar-refractivity contribution in [1.29, 1.82) is 5.26 Å². The van der Waals surface area contributed by atoms with Gasteiger partial charge in [0.05, 0.1) is 16.7 Å². The van der Waals surface area contributed by atoms with Gasteiger partial charge in [0.25, 0.3) is 0 Å². The second-order valence-corrected chi connectivity index (χ2v) is 2.89. The van der Waals surface area contributed by atoms with Crippen LogP contribution in [0.4, 0.5) is 4.39 Å². The highest BCUT2D eigenvalue weighted by atomic mass is 35.5. The first kappa shape index (κ1) is 9.69. The van der Waals surface area contributed by atoms with Crippen molar-refractivity contribution < 1.29 is 9.18 Å². The lowest BCUT2D eigenvalue weighted by Gasteiger charge is -2.00. The number of carbonyl (C=O) groups excluding carboxylic acids is 1. The number of benzene rings is 1. The molecular formula is C9H5ClFNO. The average molecular weight is 198 g/mol. The molecule has 0 heterocycles. The van der Waals surface area contributed by atoms with Gasteiger partial charge >= 0.3 is 0 Å². The molecule has 2 nitrogen and oxygen atoms in total. The van der Waals surface area contributed by atoms with E-state index in [-0.39, 0.29) is 21.9 Å². The minimum Gasteiger partial charge on any atom is -0.294 e. The monoisotopic (exact) mass is 197 g/mol. The summed E-state index contributed by atoms with van der Waals surface area (Å²) in [6.07, 6.45) is 0. The standard InChI is InChI=1S/C9H5ClFNO/c1-5(13)7-3-8(10)9(11)2-6(7)4-12/h2-3H,1H3. The van der Waals surface area contributed by atoms with Gasteiger partial charge in [0.1, 0.15) is 5.82 Å². The van der Waals surface area contributed by atoms with Gasteiger partial charge in [0.15, 0.2) is 5.78 Å². The fraction of sp³-hybridized carbons (Fsp3) is 0.111. The highest BCUT2D eigenvalue weighted by Gasteiger charge is 2.11. The maximum atomic E-state index is 12.8. The summed E-state index contributed by atoms with van der Waals surface area (Å²) in [5, 5.41) is 8.42. The third kappa shape index (κ3) is 1.85. The smallest absolute Gasteiger partial charge is 0.161 e. The van der Waals surface area contributed by atoms with Crippen LogP contribution in [0.25, 0.3) is 0 Å². The number of nitriles is 1. The minimum absolute atomic E-state index is 0.00870. The van der Waals surface area contributed by atoms with Crippen LogP contribution in [0.15, 0.2) is 12.1 Å². The quantitative estimate of drug-likeness (QED) is 0.650.